The number of ether oxygens (including phenoxy) is 4. The average molecular weight is 912 g/mol. The summed E-state index contributed by atoms with van der Waals surface area (Å²) in [7, 11) is -20.6. The van der Waals surface area contributed by atoms with Crippen LogP contribution in [0.3, 0.4) is 0 Å². The van der Waals surface area contributed by atoms with Crippen LogP contribution in [-0.4, -0.2) is 179 Å². The normalized spacial score (nSPS) is 33.5. The van der Waals surface area contributed by atoms with Crippen LogP contribution in [0.15, 0.2) is 0 Å². The van der Waals surface area contributed by atoms with Gasteiger partial charge < -0.3 is 62.4 Å². The van der Waals surface area contributed by atoms with Crippen LogP contribution in [0.4, 0.5) is 0 Å². The maximum atomic E-state index is 12.1. The Kier molecular flexibility index (Phi) is 29.4. The van der Waals surface area contributed by atoms with Gasteiger partial charge in [0.1, 0.15) is 24.4 Å². The minimum Gasteiger partial charge on any atom is -0.735 e. The zero-order valence-electron chi connectivity index (χ0n) is 29.6. The number of aliphatic hydroxyl groups excluding tert-OH is 3. The van der Waals surface area contributed by atoms with Gasteiger partial charge in [-0.2, -0.15) is 0 Å². The van der Waals surface area contributed by atoms with Gasteiger partial charge in [0.05, 0.1) is 37.6 Å². The van der Waals surface area contributed by atoms with Crippen molar-refractivity contribution in [1.82, 2.24) is 14.3 Å². The summed E-state index contributed by atoms with van der Waals surface area (Å²) in [5, 5.41) is 43.9. The molecule has 0 spiro atoms. The zero-order valence-corrected chi connectivity index (χ0v) is 42.8. The third-order valence-corrected chi connectivity index (χ3v) is 9.53. The van der Waals surface area contributed by atoms with Gasteiger partial charge in [0.15, 0.2) is 33.2 Å². The van der Waals surface area contributed by atoms with Crippen molar-refractivity contribution >= 4 is 47.4 Å². The molecule has 12 atom stereocenters. The summed E-state index contributed by atoms with van der Waals surface area (Å²) < 4.78 is 167. The Morgan fingerprint density at radius 3 is 1.59 bits per heavy atom. The van der Waals surface area contributed by atoms with E-state index in [1.165, 1.54) is 9.62 Å². The van der Waals surface area contributed by atoms with Crippen LogP contribution >= 0.6 is 0 Å². The summed E-state index contributed by atoms with van der Waals surface area (Å²) in [6.45, 7) is -4.02. The van der Waals surface area contributed by atoms with E-state index in [4.69, 9.17) is 18.9 Å². The van der Waals surface area contributed by atoms with Crippen LogP contribution < -0.4 is 162 Å². The van der Waals surface area contributed by atoms with Crippen molar-refractivity contribution in [3.8, 4) is 0 Å². The second-order valence-electron chi connectivity index (χ2n) is 10.9. The minimum absolute atomic E-state index is 0. The zero-order chi connectivity index (χ0) is 37.3. The molecule has 3 aliphatic rings. The number of nitrogens with zero attached hydrogens (tertiary/aromatic N) is 1. The van der Waals surface area contributed by atoms with Crippen LogP contribution in [0.2, 0.25) is 0 Å². The number of hydrogen-bond acceptors (Lipinski definition) is 24. The van der Waals surface area contributed by atoms with Crippen molar-refractivity contribution in [1.29, 1.82) is 0 Å². The summed E-state index contributed by atoms with van der Waals surface area (Å²) in [5.41, 5.74) is 0. The van der Waals surface area contributed by atoms with Crippen molar-refractivity contribution in [3.05, 3.63) is 0 Å². The molecule has 3 rings (SSSR count). The molecule has 0 radical (unpaired) electrons. The van der Waals surface area contributed by atoms with Crippen LogP contribution in [0.1, 0.15) is 0 Å². The number of aliphatic carboxylic acids is 1. The number of carboxylic acids is 1. The molecule has 0 saturated carbocycles. The average Bonchev–Trinajstić information content (AvgIpc) is 3.34. The minimum atomic E-state index is -5.46. The van der Waals surface area contributed by atoms with E-state index in [1.54, 1.807) is 4.72 Å². The topological polar surface area (TPSA) is 412 Å². The molecule has 3 saturated heterocycles. The predicted molar refractivity (Wildman–Crippen MR) is 140 cm³/mol. The molecule has 35 heteroatoms. The third kappa shape index (κ3) is 19.8. The molecule has 5 N–H and O–H groups in total. The Hall–Kier alpha value is 3.63. The monoisotopic (exact) mass is 911 g/mol. The summed E-state index contributed by atoms with van der Waals surface area (Å²) in [6.07, 6.45) is -15.6. The second-order valence-corrected chi connectivity index (χ2v) is 15.2. The first-order valence-electron chi connectivity index (χ1n) is 13.4. The van der Waals surface area contributed by atoms with E-state index >= 15 is 0 Å². The largest absolute Gasteiger partial charge is 1.00 e. The van der Waals surface area contributed by atoms with Gasteiger partial charge in [-0.05, 0) is 0 Å². The summed E-state index contributed by atoms with van der Waals surface area (Å²) >= 11 is 0. The van der Waals surface area contributed by atoms with Crippen molar-refractivity contribution in [2.75, 3.05) is 40.0 Å². The molecule has 3 heterocycles. The molecule has 0 aromatic heterocycles. The molecule has 54 heavy (non-hydrogen) atoms. The van der Waals surface area contributed by atoms with Crippen molar-refractivity contribution in [2.45, 2.75) is 61.3 Å². The first-order valence-corrected chi connectivity index (χ1v) is 18.9. The van der Waals surface area contributed by atoms with E-state index in [1.807, 2.05) is 0 Å². The number of likely N-dealkylation sites (tertiary alicyclic amines) is 1. The van der Waals surface area contributed by atoms with Crippen molar-refractivity contribution in [2.24, 2.45) is 11.8 Å². The van der Waals surface area contributed by atoms with Gasteiger partial charge in [-0.1, -0.05) is 0 Å². The fourth-order valence-electron chi connectivity index (χ4n) is 5.50. The van der Waals surface area contributed by atoms with Crippen LogP contribution in [0.5, 0.6) is 0 Å². The number of carboxylic acid groups (broad SMARTS) is 1. The quantitative estimate of drug-likeness (QED) is 0.0545. The van der Waals surface area contributed by atoms with E-state index in [-0.39, 0.29) is 148 Å². The Bertz CT molecular complexity index is 1610. The third-order valence-electron chi connectivity index (χ3n) is 7.56. The van der Waals surface area contributed by atoms with E-state index in [9.17, 15) is 77.1 Å². The van der Waals surface area contributed by atoms with Gasteiger partial charge in [-0.15, -0.1) is 0 Å². The number of hydrogen-bond donors (Lipinski definition) is 5. The first kappa shape index (κ1) is 61.9. The van der Waals surface area contributed by atoms with Crippen molar-refractivity contribution in [3.63, 3.8) is 0 Å². The number of methoxy groups -OCH3 is 1. The smallest absolute Gasteiger partial charge is 0.735 e. The Morgan fingerprint density at radius 2 is 1.17 bits per heavy atom. The van der Waals surface area contributed by atoms with Crippen LogP contribution in [0, 0.1) is 11.8 Å². The molecule has 0 amide bonds. The van der Waals surface area contributed by atoms with Gasteiger partial charge in [0, 0.05) is 44.5 Å². The van der Waals surface area contributed by atoms with Gasteiger partial charge in [0.25, 0.3) is 0 Å². The molecule has 26 nitrogen and oxygen atoms in total. The molecule has 3 fully saturated rings. The number of nitrogens with one attached hydrogen (secondary N) is 2. The van der Waals surface area contributed by atoms with Gasteiger partial charge >= 0.3 is 148 Å². The second kappa shape index (κ2) is 25.7. The number of carbonyl (C=O) groups excluding carboxylic acids is 1. The van der Waals surface area contributed by atoms with Gasteiger partial charge in [0.2, 0.25) is 20.8 Å². The molecular weight excluding hydrogens is 881 g/mol. The fourth-order valence-corrected chi connectivity index (χ4v) is 7.27. The summed E-state index contributed by atoms with van der Waals surface area (Å²) in [4.78, 5) is 13.2. The van der Waals surface area contributed by atoms with E-state index in [2.05, 4.69) is 8.37 Å². The predicted octanol–water partition coefficient (Wildman–Crippen LogP) is -24.3. The maximum Gasteiger partial charge on any atom is 1.00 e. The Morgan fingerprint density at radius 1 is 0.722 bits per heavy atom. The van der Waals surface area contributed by atoms with Crippen LogP contribution in [0.25, 0.3) is 0 Å². The first-order chi connectivity index (χ1) is 22.3. The number of rotatable bonds is 16. The number of carbonyl (C=O) groups is 1. The molecule has 0 aromatic rings. The molecular formula is C19H30N3Na5O23S4. The standard InChI is InChI=1S/C19H35N3O23S4.5Na/c1-40-18-12(20-46(28,29)30)14(23)7(10(44-18)5-41-48(34,35)36)2-22-3-8(17(26)27)9(4-22)43-19-13(21-47(31,32)33)16(25)15(24)11(45-19)6-42-49(37,38)39;;;;;/h7-16,18-21,23-25H,2-6H2,1H3,(H,26,27)(H,28,29,30)(H,31,32,33)(H,34,35,36)(H,37,38,39);;;;;/q;5*+1/p-5/t7-,8+,9+,10-,11-,12-,13-,14+,15-,16-,18+,19+;;;;;/m1...../s1. The Labute approximate surface area is 420 Å². The Balaban J connectivity index is -0.00000520. The molecule has 0 aromatic carbocycles. The molecule has 3 aliphatic heterocycles. The van der Waals surface area contributed by atoms with Crippen molar-refractivity contribution < 1.29 is 252 Å². The van der Waals surface area contributed by atoms with Gasteiger partial charge in [-0.25, -0.2) is 43.1 Å². The molecule has 0 aliphatic carbocycles. The van der Waals surface area contributed by atoms with E-state index in [0.717, 1.165) is 7.11 Å². The molecule has 0 bridgehead atoms. The summed E-state index contributed by atoms with van der Waals surface area (Å²) in [6, 6.07) is -4.02. The summed E-state index contributed by atoms with van der Waals surface area (Å²) in [5.74, 6) is -5.02. The fraction of sp³-hybridized carbons (Fsp3) is 0.947. The number of aliphatic hydroxyl groups is 3. The molecule has 288 valence electrons. The maximum absolute atomic E-state index is 12.1. The van der Waals surface area contributed by atoms with Gasteiger partial charge in [-0.3, -0.25) is 13.3 Å². The van der Waals surface area contributed by atoms with Crippen LogP contribution in [-0.2, 0) is 73.5 Å². The molecule has 0 unspecified atom stereocenters. The van der Waals surface area contributed by atoms with E-state index < -0.39 is 153 Å². The SMILES string of the molecule is CO[C@H]1O[C@H](COS(=O)(=O)[O-])[C@@H](CN2C[C@H](O[C@H]3O[C@H](COS(=O)(=O)[O-])[C@@H](O)[C@H](O)[C@H]3NS(=O)(=O)[O-])[C@@H](C(=O)[O-])C2)[C@H](O)[C@H]1NS(=O)(=O)[O-].[Na+].[Na+].[Na+].[Na+].[Na+]. The van der Waals surface area contributed by atoms with E-state index in [0.29, 0.717) is 0 Å².